The fourth-order valence-corrected chi connectivity index (χ4v) is 1.73. The second-order valence-corrected chi connectivity index (χ2v) is 3.90. The molecule has 1 aliphatic rings. The maximum atomic E-state index is 11.7. The number of hydrogen-bond donors (Lipinski definition) is 2. The molecule has 0 spiro atoms. The Morgan fingerprint density at radius 2 is 2.24 bits per heavy atom. The topological polar surface area (TPSA) is 76.7 Å². The summed E-state index contributed by atoms with van der Waals surface area (Å²) in [7, 11) is 1.63. The number of ether oxygens (including phenoxy) is 2. The summed E-state index contributed by atoms with van der Waals surface area (Å²) in [6.07, 6.45) is 0.970. The molecule has 0 saturated carbocycles. The summed E-state index contributed by atoms with van der Waals surface area (Å²) in [5, 5.41) is 5.77. The first-order valence-corrected chi connectivity index (χ1v) is 5.86. The van der Waals surface area contributed by atoms with Crippen LogP contribution in [0.1, 0.15) is 19.8 Å². The van der Waals surface area contributed by atoms with Gasteiger partial charge in [0.25, 0.3) is 0 Å². The van der Waals surface area contributed by atoms with Gasteiger partial charge in [0.1, 0.15) is 0 Å². The minimum Gasteiger partial charge on any atom is -0.466 e. The summed E-state index contributed by atoms with van der Waals surface area (Å²) < 4.78 is 9.91. The summed E-state index contributed by atoms with van der Waals surface area (Å²) >= 11 is 0. The third-order valence-corrected chi connectivity index (χ3v) is 2.67. The van der Waals surface area contributed by atoms with Gasteiger partial charge < -0.3 is 20.1 Å². The van der Waals surface area contributed by atoms with Gasteiger partial charge in [-0.3, -0.25) is 9.59 Å². The largest absolute Gasteiger partial charge is 0.466 e. The SMILES string of the molecule is CCOC(=O)CCNC(=O)C1CC(OC)CN1. The van der Waals surface area contributed by atoms with Crippen LogP contribution < -0.4 is 10.6 Å². The first kappa shape index (κ1) is 13.9. The molecular weight excluding hydrogens is 224 g/mol. The van der Waals surface area contributed by atoms with Gasteiger partial charge >= 0.3 is 5.97 Å². The van der Waals surface area contributed by atoms with Gasteiger partial charge in [0, 0.05) is 20.2 Å². The van der Waals surface area contributed by atoms with Crippen molar-refractivity contribution in [3.63, 3.8) is 0 Å². The molecule has 0 aliphatic carbocycles. The fourth-order valence-electron chi connectivity index (χ4n) is 1.73. The molecule has 2 atom stereocenters. The molecule has 2 N–H and O–H groups in total. The molecule has 0 radical (unpaired) electrons. The minimum atomic E-state index is -0.290. The van der Waals surface area contributed by atoms with Crippen LogP contribution in [0.2, 0.25) is 0 Å². The van der Waals surface area contributed by atoms with Gasteiger partial charge in [-0.25, -0.2) is 0 Å². The van der Waals surface area contributed by atoms with Crippen LogP contribution in [-0.2, 0) is 19.1 Å². The van der Waals surface area contributed by atoms with Crippen LogP contribution >= 0.6 is 0 Å². The standard InChI is InChI=1S/C11H20N2O4/c1-3-17-10(14)4-5-12-11(15)9-6-8(16-2)7-13-9/h8-9,13H,3-7H2,1-2H3,(H,12,15). The first-order valence-electron chi connectivity index (χ1n) is 5.86. The van der Waals surface area contributed by atoms with Crippen LogP contribution in [0.4, 0.5) is 0 Å². The van der Waals surface area contributed by atoms with Crippen LogP contribution in [0, 0.1) is 0 Å². The van der Waals surface area contributed by atoms with E-state index in [1.54, 1.807) is 14.0 Å². The zero-order valence-electron chi connectivity index (χ0n) is 10.3. The van der Waals surface area contributed by atoms with Crippen LogP contribution in [-0.4, -0.2) is 50.8 Å². The molecule has 6 nitrogen and oxygen atoms in total. The van der Waals surface area contributed by atoms with Crippen LogP contribution in [0.3, 0.4) is 0 Å². The molecule has 0 aromatic carbocycles. The lowest BCUT2D eigenvalue weighted by molar-refractivity contribution is -0.143. The highest BCUT2D eigenvalue weighted by atomic mass is 16.5. The number of hydrogen-bond acceptors (Lipinski definition) is 5. The number of methoxy groups -OCH3 is 1. The van der Waals surface area contributed by atoms with Gasteiger partial charge in [-0.05, 0) is 13.3 Å². The molecule has 17 heavy (non-hydrogen) atoms. The van der Waals surface area contributed by atoms with Gasteiger partial charge in [-0.2, -0.15) is 0 Å². The highest BCUT2D eigenvalue weighted by Gasteiger charge is 2.28. The van der Waals surface area contributed by atoms with E-state index in [4.69, 9.17) is 9.47 Å². The number of carbonyl (C=O) groups is 2. The van der Waals surface area contributed by atoms with Crippen molar-refractivity contribution in [2.24, 2.45) is 0 Å². The molecule has 0 aromatic heterocycles. The summed E-state index contributed by atoms with van der Waals surface area (Å²) in [6.45, 7) is 3.12. The summed E-state index contributed by atoms with van der Waals surface area (Å²) in [5.41, 5.74) is 0. The Kier molecular flexibility index (Phi) is 5.93. The lowest BCUT2D eigenvalue weighted by Crippen LogP contribution is -2.41. The van der Waals surface area contributed by atoms with Gasteiger partial charge in [-0.15, -0.1) is 0 Å². The Bertz CT molecular complexity index is 270. The Labute approximate surface area is 101 Å². The molecule has 1 rings (SSSR count). The Balaban J connectivity index is 2.15. The molecule has 6 heteroatoms. The Hall–Kier alpha value is -1.14. The molecule has 1 saturated heterocycles. The normalized spacial score (nSPS) is 23.4. The highest BCUT2D eigenvalue weighted by Crippen LogP contribution is 2.09. The van der Waals surface area contributed by atoms with Gasteiger partial charge in [0.15, 0.2) is 0 Å². The number of nitrogens with one attached hydrogen (secondary N) is 2. The van der Waals surface area contributed by atoms with E-state index >= 15 is 0 Å². The van der Waals surface area contributed by atoms with Crippen molar-refractivity contribution in [3.05, 3.63) is 0 Å². The van der Waals surface area contributed by atoms with E-state index in [9.17, 15) is 9.59 Å². The lowest BCUT2D eigenvalue weighted by Gasteiger charge is -2.10. The van der Waals surface area contributed by atoms with Gasteiger partial charge in [0.2, 0.25) is 5.91 Å². The molecule has 2 unspecified atom stereocenters. The first-order chi connectivity index (χ1) is 8.17. The molecule has 1 amide bonds. The predicted octanol–water partition coefficient (Wildman–Crippen LogP) is -0.567. The maximum absolute atomic E-state index is 11.7. The average molecular weight is 244 g/mol. The third kappa shape index (κ3) is 4.70. The van der Waals surface area contributed by atoms with Gasteiger partial charge in [0.05, 0.1) is 25.2 Å². The van der Waals surface area contributed by atoms with E-state index in [1.165, 1.54) is 0 Å². The molecule has 1 aliphatic heterocycles. The lowest BCUT2D eigenvalue weighted by atomic mass is 10.2. The van der Waals surface area contributed by atoms with E-state index < -0.39 is 0 Å². The smallest absolute Gasteiger partial charge is 0.307 e. The van der Waals surface area contributed by atoms with Gasteiger partial charge in [-0.1, -0.05) is 0 Å². The zero-order valence-corrected chi connectivity index (χ0v) is 10.3. The van der Waals surface area contributed by atoms with E-state index in [0.717, 1.165) is 0 Å². The molecule has 1 fully saturated rings. The van der Waals surface area contributed by atoms with Crippen LogP contribution in [0.5, 0.6) is 0 Å². The van der Waals surface area contributed by atoms with Crippen molar-refractivity contribution in [2.45, 2.75) is 31.9 Å². The maximum Gasteiger partial charge on any atom is 0.307 e. The monoisotopic (exact) mass is 244 g/mol. The van der Waals surface area contributed by atoms with Crippen molar-refractivity contribution in [2.75, 3.05) is 26.8 Å². The Morgan fingerprint density at radius 1 is 1.47 bits per heavy atom. The number of carbonyl (C=O) groups excluding carboxylic acids is 2. The summed E-state index contributed by atoms with van der Waals surface area (Å²) in [5.74, 6) is -0.379. The summed E-state index contributed by atoms with van der Waals surface area (Å²) in [6, 6.07) is -0.220. The van der Waals surface area contributed by atoms with Crippen LogP contribution in [0.25, 0.3) is 0 Å². The number of esters is 1. The molecule has 1 heterocycles. The van der Waals surface area contributed by atoms with Crippen LogP contribution in [0.15, 0.2) is 0 Å². The van der Waals surface area contributed by atoms with Crippen molar-refractivity contribution in [1.29, 1.82) is 0 Å². The summed E-state index contributed by atoms with van der Waals surface area (Å²) in [4.78, 5) is 22.7. The van der Waals surface area contributed by atoms with E-state index in [1.807, 2.05) is 0 Å². The fraction of sp³-hybridized carbons (Fsp3) is 0.818. The van der Waals surface area contributed by atoms with Crippen molar-refractivity contribution in [1.82, 2.24) is 10.6 Å². The second kappa shape index (κ2) is 7.24. The van der Waals surface area contributed by atoms with E-state index in [0.29, 0.717) is 26.1 Å². The average Bonchev–Trinajstić information content (AvgIpc) is 2.77. The molecule has 0 bridgehead atoms. The minimum absolute atomic E-state index is 0.0890. The van der Waals surface area contributed by atoms with E-state index in [2.05, 4.69) is 10.6 Å². The highest BCUT2D eigenvalue weighted by molar-refractivity contribution is 5.82. The zero-order chi connectivity index (χ0) is 12.7. The Morgan fingerprint density at radius 3 is 2.82 bits per heavy atom. The van der Waals surface area contributed by atoms with E-state index in [-0.39, 0.29) is 30.4 Å². The molecule has 0 aromatic rings. The van der Waals surface area contributed by atoms with Crippen molar-refractivity contribution in [3.8, 4) is 0 Å². The second-order valence-electron chi connectivity index (χ2n) is 3.90. The predicted molar refractivity (Wildman–Crippen MR) is 61.5 cm³/mol. The van der Waals surface area contributed by atoms with Crippen molar-refractivity contribution >= 4 is 11.9 Å². The third-order valence-electron chi connectivity index (χ3n) is 2.67. The number of amides is 1. The molecular formula is C11H20N2O4. The quantitative estimate of drug-likeness (QED) is 0.612. The van der Waals surface area contributed by atoms with Crippen molar-refractivity contribution < 1.29 is 19.1 Å². The number of rotatable bonds is 6. The molecule has 98 valence electrons.